The third-order valence-corrected chi connectivity index (χ3v) is 7.73. The Kier molecular flexibility index (Phi) is 6.75. The fourth-order valence-corrected chi connectivity index (χ4v) is 5.91. The summed E-state index contributed by atoms with van der Waals surface area (Å²) in [7, 11) is 1.37. The van der Waals surface area contributed by atoms with Crippen molar-refractivity contribution in [2.45, 2.75) is 46.1 Å². The van der Waals surface area contributed by atoms with Crippen LogP contribution in [0.5, 0.6) is 0 Å². The molecule has 1 saturated carbocycles. The van der Waals surface area contributed by atoms with Crippen molar-refractivity contribution in [3.05, 3.63) is 87.7 Å². The van der Waals surface area contributed by atoms with E-state index >= 15 is 0 Å². The van der Waals surface area contributed by atoms with Gasteiger partial charge in [0.05, 0.1) is 30.8 Å². The second-order valence-electron chi connectivity index (χ2n) is 10.7. The van der Waals surface area contributed by atoms with E-state index in [0.29, 0.717) is 30.7 Å². The molecule has 0 spiro atoms. The Hall–Kier alpha value is -3.32. The van der Waals surface area contributed by atoms with E-state index in [-0.39, 0.29) is 11.2 Å². The molecule has 0 radical (unpaired) electrons. The Morgan fingerprint density at radius 2 is 1.78 bits per heavy atom. The number of Topliss-reactive ketones (excluding diaryl/α,β-unsaturated/α-hetero) is 1. The molecule has 0 saturated heterocycles. The van der Waals surface area contributed by atoms with Gasteiger partial charge in [0.2, 0.25) is 0 Å². The zero-order valence-electron chi connectivity index (χ0n) is 21.5. The second-order valence-corrected chi connectivity index (χ2v) is 11.6. The summed E-state index contributed by atoms with van der Waals surface area (Å²) in [5, 5.41) is 4.99. The fourth-order valence-electron chi connectivity index (χ4n) is 5.65. The van der Waals surface area contributed by atoms with Gasteiger partial charge in [-0.25, -0.2) is 4.79 Å². The minimum absolute atomic E-state index is 0.105. The maximum atomic E-state index is 13.7. The van der Waals surface area contributed by atoms with Crippen molar-refractivity contribution in [3.8, 4) is 11.3 Å². The summed E-state index contributed by atoms with van der Waals surface area (Å²) in [6.45, 7) is 6.59. The number of aromatic nitrogens is 2. The van der Waals surface area contributed by atoms with Crippen LogP contribution in [0.2, 0.25) is 0 Å². The molecule has 0 amide bonds. The van der Waals surface area contributed by atoms with Gasteiger partial charge in [-0.2, -0.15) is 5.10 Å². The average Bonchev–Trinajstić information content (AvgIpc) is 3.27. The van der Waals surface area contributed by atoms with Crippen LogP contribution < -0.4 is 0 Å². The lowest BCUT2D eigenvalue weighted by Crippen LogP contribution is -2.44. The standard InChI is InChI=1S/C30H30BrN3O3/c1-18-25(29(36)37-4)26(27-23(32-18)14-30(2,3)15-24(27)35)22-17-34(16-19-10-12-21(31)13-11-19)33-28(22)20-8-6-5-7-9-20/h5-13,17,26-27H,14-16H2,1-4H3. The van der Waals surface area contributed by atoms with Gasteiger partial charge in [0.15, 0.2) is 0 Å². The van der Waals surface area contributed by atoms with Crippen molar-refractivity contribution < 1.29 is 14.3 Å². The van der Waals surface area contributed by atoms with Crippen LogP contribution in [0.4, 0.5) is 0 Å². The highest BCUT2D eigenvalue weighted by molar-refractivity contribution is 9.10. The van der Waals surface area contributed by atoms with Crippen molar-refractivity contribution in [1.82, 2.24) is 9.78 Å². The number of esters is 1. The largest absolute Gasteiger partial charge is 0.466 e. The molecule has 2 atom stereocenters. The van der Waals surface area contributed by atoms with Gasteiger partial charge in [0.1, 0.15) is 5.78 Å². The number of methoxy groups -OCH3 is 1. The van der Waals surface area contributed by atoms with Crippen LogP contribution in [0, 0.1) is 11.3 Å². The highest BCUT2D eigenvalue weighted by Crippen LogP contribution is 2.48. The van der Waals surface area contributed by atoms with E-state index in [0.717, 1.165) is 32.6 Å². The van der Waals surface area contributed by atoms with Crippen molar-refractivity contribution >= 4 is 33.4 Å². The molecule has 3 aromatic rings. The number of benzene rings is 2. The molecule has 0 bridgehead atoms. The molecule has 1 aromatic heterocycles. The molecular weight excluding hydrogens is 530 g/mol. The van der Waals surface area contributed by atoms with Crippen molar-refractivity contribution in [3.63, 3.8) is 0 Å². The van der Waals surface area contributed by atoms with Gasteiger partial charge in [0, 0.05) is 45.5 Å². The summed E-state index contributed by atoms with van der Waals surface area (Å²) in [5.41, 5.74) is 5.34. The molecule has 2 aliphatic rings. The number of ether oxygens (including phenoxy) is 1. The number of fused-ring (bicyclic) bond motifs is 1. The van der Waals surface area contributed by atoms with Crippen LogP contribution in [0.3, 0.4) is 0 Å². The van der Waals surface area contributed by atoms with E-state index < -0.39 is 17.8 Å². The average molecular weight is 560 g/mol. The molecule has 6 nitrogen and oxygen atoms in total. The summed E-state index contributed by atoms with van der Waals surface area (Å²) < 4.78 is 8.13. The minimum Gasteiger partial charge on any atom is -0.466 e. The number of carbonyl (C=O) groups excluding carboxylic acids is 2. The summed E-state index contributed by atoms with van der Waals surface area (Å²) in [5.74, 6) is -1.38. The van der Waals surface area contributed by atoms with Crippen LogP contribution in [-0.4, -0.2) is 34.4 Å². The predicted molar refractivity (Wildman–Crippen MR) is 147 cm³/mol. The zero-order chi connectivity index (χ0) is 26.3. The van der Waals surface area contributed by atoms with Gasteiger partial charge < -0.3 is 4.74 Å². The first-order valence-corrected chi connectivity index (χ1v) is 13.2. The van der Waals surface area contributed by atoms with E-state index in [9.17, 15) is 9.59 Å². The van der Waals surface area contributed by atoms with E-state index in [4.69, 9.17) is 14.8 Å². The number of aliphatic imine (C=N–C) groups is 1. The summed E-state index contributed by atoms with van der Waals surface area (Å²) in [6.07, 6.45) is 3.13. The number of ketones is 1. The molecule has 2 unspecified atom stereocenters. The molecule has 190 valence electrons. The molecule has 2 aromatic carbocycles. The number of rotatable bonds is 5. The van der Waals surface area contributed by atoms with E-state index in [1.54, 1.807) is 0 Å². The van der Waals surface area contributed by atoms with Crippen molar-refractivity contribution in [2.75, 3.05) is 7.11 Å². The van der Waals surface area contributed by atoms with Crippen LogP contribution >= 0.6 is 15.9 Å². The third-order valence-electron chi connectivity index (χ3n) is 7.20. The van der Waals surface area contributed by atoms with Crippen molar-refractivity contribution in [2.24, 2.45) is 16.3 Å². The Morgan fingerprint density at radius 3 is 2.46 bits per heavy atom. The normalized spacial score (nSPS) is 20.9. The highest BCUT2D eigenvalue weighted by Gasteiger charge is 2.48. The Morgan fingerprint density at radius 1 is 1.08 bits per heavy atom. The monoisotopic (exact) mass is 559 g/mol. The molecule has 37 heavy (non-hydrogen) atoms. The predicted octanol–water partition coefficient (Wildman–Crippen LogP) is 6.35. The van der Waals surface area contributed by atoms with Gasteiger partial charge in [-0.1, -0.05) is 72.2 Å². The van der Waals surface area contributed by atoms with E-state index in [1.807, 2.05) is 60.3 Å². The van der Waals surface area contributed by atoms with Gasteiger partial charge in [-0.3, -0.25) is 14.5 Å². The summed E-state index contributed by atoms with van der Waals surface area (Å²) in [4.78, 5) is 31.6. The minimum atomic E-state index is -0.516. The smallest absolute Gasteiger partial charge is 0.336 e. The third kappa shape index (κ3) is 4.97. The fraction of sp³-hybridized carbons (Fsp3) is 0.333. The van der Waals surface area contributed by atoms with Gasteiger partial charge in [0.25, 0.3) is 0 Å². The lowest BCUT2D eigenvalue weighted by Gasteiger charge is -2.40. The number of halogens is 1. The van der Waals surface area contributed by atoms with Crippen molar-refractivity contribution in [1.29, 1.82) is 0 Å². The zero-order valence-corrected chi connectivity index (χ0v) is 23.1. The summed E-state index contributed by atoms with van der Waals surface area (Å²) in [6, 6.07) is 18.0. The van der Waals surface area contributed by atoms with Gasteiger partial charge >= 0.3 is 5.97 Å². The number of allylic oxidation sites excluding steroid dienone is 1. The van der Waals surface area contributed by atoms with Gasteiger partial charge in [-0.05, 0) is 36.5 Å². The topological polar surface area (TPSA) is 73.5 Å². The second kappa shape index (κ2) is 9.86. The van der Waals surface area contributed by atoms with Crippen LogP contribution in [0.1, 0.15) is 50.7 Å². The van der Waals surface area contributed by atoms with Crippen LogP contribution in [-0.2, 0) is 20.9 Å². The quantitative estimate of drug-likeness (QED) is 0.341. The molecule has 2 heterocycles. The lowest BCUT2D eigenvalue weighted by molar-refractivity contribution is -0.136. The van der Waals surface area contributed by atoms with Gasteiger partial charge in [-0.15, -0.1) is 0 Å². The Bertz CT molecular complexity index is 1420. The first-order chi connectivity index (χ1) is 17.7. The molecule has 0 N–H and O–H groups in total. The Labute approximate surface area is 225 Å². The highest BCUT2D eigenvalue weighted by atomic mass is 79.9. The molecule has 5 rings (SSSR count). The lowest BCUT2D eigenvalue weighted by atomic mass is 9.63. The van der Waals surface area contributed by atoms with Crippen LogP contribution in [0.25, 0.3) is 11.3 Å². The maximum absolute atomic E-state index is 13.7. The molecule has 1 aliphatic heterocycles. The number of nitrogens with zero attached hydrogens (tertiary/aromatic N) is 3. The summed E-state index contributed by atoms with van der Waals surface area (Å²) >= 11 is 3.49. The first-order valence-electron chi connectivity index (χ1n) is 12.4. The Balaban J connectivity index is 1.69. The van der Waals surface area contributed by atoms with E-state index in [1.165, 1.54) is 7.11 Å². The molecule has 7 heteroatoms. The molecular formula is C30H30BrN3O3. The number of hydrogen-bond acceptors (Lipinski definition) is 5. The first kappa shape index (κ1) is 25.3. The maximum Gasteiger partial charge on any atom is 0.336 e. The molecule has 1 aliphatic carbocycles. The van der Waals surface area contributed by atoms with E-state index in [2.05, 4.69) is 41.9 Å². The SMILES string of the molecule is COC(=O)C1=C(C)N=C2CC(C)(C)CC(=O)C2C1c1cn(Cc2ccc(Br)cc2)nc1-c1ccccc1. The van der Waals surface area contributed by atoms with Crippen LogP contribution in [0.15, 0.2) is 81.5 Å². The number of hydrogen-bond donors (Lipinski definition) is 0. The number of carbonyl (C=O) groups is 2. The molecule has 1 fully saturated rings.